The number of rotatable bonds is 4. The van der Waals surface area contributed by atoms with Crippen LogP contribution in [-0.4, -0.2) is 64.1 Å². The molecule has 2 aliphatic carbocycles. The number of carbonyl (C=O) groups excluding carboxylic acids is 3. The molecule has 222 valence electrons. The summed E-state index contributed by atoms with van der Waals surface area (Å²) in [6.45, 7) is 7.94. The minimum Gasteiger partial charge on any atom is -0.463 e. The molecule has 0 bridgehead atoms. The summed E-state index contributed by atoms with van der Waals surface area (Å²) in [6.07, 6.45) is 3.72. The second kappa shape index (κ2) is 10.0. The van der Waals surface area contributed by atoms with Crippen LogP contribution in [0.3, 0.4) is 0 Å². The monoisotopic (exact) mass is 575 g/mol. The molecule has 9 nitrogen and oxygen atoms in total. The Hall–Kier alpha value is -3.56. The molecule has 9 heteroatoms. The molecule has 2 saturated heterocycles. The van der Waals surface area contributed by atoms with Crippen molar-refractivity contribution < 1.29 is 38.4 Å². The number of aliphatic hydroxyl groups is 1. The Morgan fingerprint density at radius 1 is 1.00 bits per heavy atom. The normalized spacial score (nSPS) is 39.0. The highest BCUT2D eigenvalue weighted by atomic mass is 16.6. The van der Waals surface area contributed by atoms with Gasteiger partial charge >= 0.3 is 17.9 Å². The lowest BCUT2D eigenvalue weighted by Crippen LogP contribution is -2.78. The summed E-state index contributed by atoms with van der Waals surface area (Å²) >= 11 is 0. The molecule has 8 atom stereocenters. The van der Waals surface area contributed by atoms with Crippen LogP contribution in [0.15, 0.2) is 66.5 Å². The number of aromatic nitrogens is 1. The molecule has 42 heavy (non-hydrogen) atoms. The summed E-state index contributed by atoms with van der Waals surface area (Å²) in [6, 6.07) is 12.1. The zero-order valence-corrected chi connectivity index (χ0v) is 24.4. The largest absolute Gasteiger partial charge is 0.463 e. The fraction of sp³-hybridized carbons (Fsp3) is 0.515. The Kier molecular flexibility index (Phi) is 6.81. The maximum Gasteiger partial charge on any atom is 0.340 e. The van der Waals surface area contributed by atoms with E-state index in [1.54, 1.807) is 42.6 Å². The summed E-state index contributed by atoms with van der Waals surface area (Å²) in [5.41, 5.74) is -2.21. The van der Waals surface area contributed by atoms with E-state index in [1.807, 2.05) is 32.9 Å². The Morgan fingerprint density at radius 3 is 2.38 bits per heavy atom. The molecule has 4 aliphatic rings. The van der Waals surface area contributed by atoms with Crippen LogP contribution in [0.1, 0.15) is 74.1 Å². The first kappa shape index (κ1) is 28.6. The second-order valence-corrected chi connectivity index (χ2v) is 12.9. The highest BCUT2D eigenvalue weighted by Crippen LogP contribution is 2.68. The van der Waals surface area contributed by atoms with Crippen molar-refractivity contribution in [1.29, 1.82) is 0 Å². The fourth-order valence-electron chi connectivity index (χ4n) is 8.14. The second-order valence-electron chi connectivity index (χ2n) is 12.9. The first-order valence-electron chi connectivity index (χ1n) is 14.5. The first-order valence-corrected chi connectivity index (χ1v) is 14.5. The van der Waals surface area contributed by atoms with E-state index in [1.165, 1.54) is 6.20 Å². The molecule has 6 rings (SSSR count). The van der Waals surface area contributed by atoms with Gasteiger partial charge in [-0.05, 0) is 51.0 Å². The van der Waals surface area contributed by atoms with E-state index >= 15 is 0 Å². The van der Waals surface area contributed by atoms with Crippen molar-refractivity contribution in [2.75, 3.05) is 6.61 Å². The number of esters is 3. The van der Waals surface area contributed by atoms with E-state index in [0.717, 1.165) is 5.57 Å². The molecule has 2 aromatic rings. The summed E-state index contributed by atoms with van der Waals surface area (Å²) in [5, 5.41) is 12.3. The van der Waals surface area contributed by atoms with Gasteiger partial charge in [-0.15, -0.1) is 0 Å². The van der Waals surface area contributed by atoms with Crippen molar-refractivity contribution >= 4 is 17.9 Å². The number of ether oxygens (including phenoxy) is 4. The van der Waals surface area contributed by atoms with Crippen molar-refractivity contribution in [2.24, 2.45) is 16.7 Å². The van der Waals surface area contributed by atoms with Gasteiger partial charge in [0.05, 0.1) is 17.5 Å². The lowest BCUT2D eigenvalue weighted by molar-refractivity contribution is -0.346. The molecular formula is C33H37NO8. The van der Waals surface area contributed by atoms with Gasteiger partial charge in [0.1, 0.15) is 36.1 Å². The predicted octanol–water partition coefficient (Wildman–Crippen LogP) is 4.44. The van der Waals surface area contributed by atoms with Crippen molar-refractivity contribution in [2.45, 2.75) is 82.9 Å². The molecular weight excluding hydrogens is 538 g/mol. The number of aliphatic hydroxyl groups excluding tert-OH is 1. The Bertz CT molecular complexity index is 1430. The van der Waals surface area contributed by atoms with E-state index < -0.39 is 58.2 Å². The zero-order valence-electron chi connectivity index (χ0n) is 24.4. The quantitative estimate of drug-likeness (QED) is 0.320. The summed E-state index contributed by atoms with van der Waals surface area (Å²) in [7, 11) is 0. The lowest BCUT2D eigenvalue weighted by Gasteiger charge is -2.69. The topological polar surface area (TPSA) is 121 Å². The third kappa shape index (κ3) is 4.20. The SMILES string of the molecule is CC1=CC[C@@H](OC(=O)c2ccccc2)C2[C@@]1(C)[C@@H](OC(=O)c1cccnc1)[C@H](O)[C@]1(C)O[C@@]3(CC[C@]21C)COC(=O)C3. The number of benzene rings is 1. The van der Waals surface area contributed by atoms with Gasteiger partial charge in [0, 0.05) is 35.6 Å². The van der Waals surface area contributed by atoms with E-state index in [4.69, 9.17) is 18.9 Å². The van der Waals surface area contributed by atoms with Crippen LogP contribution < -0.4 is 0 Å². The van der Waals surface area contributed by atoms with Crippen molar-refractivity contribution in [3.63, 3.8) is 0 Å². The minimum absolute atomic E-state index is 0.0822. The van der Waals surface area contributed by atoms with Crippen LogP contribution in [0.25, 0.3) is 0 Å². The fourth-order valence-corrected chi connectivity index (χ4v) is 8.14. The zero-order chi connectivity index (χ0) is 29.9. The van der Waals surface area contributed by atoms with Crippen LogP contribution >= 0.6 is 0 Å². The molecule has 0 radical (unpaired) electrons. The van der Waals surface area contributed by atoms with Crippen LogP contribution in [0, 0.1) is 16.7 Å². The van der Waals surface area contributed by atoms with Gasteiger partial charge in [-0.25, -0.2) is 9.59 Å². The first-order chi connectivity index (χ1) is 19.9. The van der Waals surface area contributed by atoms with Crippen LogP contribution in [0.2, 0.25) is 0 Å². The summed E-state index contributed by atoms with van der Waals surface area (Å²) in [4.78, 5) is 43.2. The Morgan fingerprint density at radius 2 is 1.71 bits per heavy atom. The van der Waals surface area contributed by atoms with Gasteiger partial charge in [0.25, 0.3) is 0 Å². The number of nitrogens with zero attached hydrogens (tertiary/aromatic N) is 1. The van der Waals surface area contributed by atoms with Gasteiger partial charge < -0.3 is 24.1 Å². The Labute approximate surface area is 245 Å². The van der Waals surface area contributed by atoms with Gasteiger partial charge in [0.2, 0.25) is 0 Å². The Balaban J connectivity index is 1.46. The van der Waals surface area contributed by atoms with Crippen molar-refractivity contribution in [3.05, 3.63) is 77.6 Å². The molecule has 1 aromatic heterocycles. The van der Waals surface area contributed by atoms with E-state index in [0.29, 0.717) is 24.8 Å². The maximum atomic E-state index is 13.5. The highest BCUT2D eigenvalue weighted by Gasteiger charge is 2.75. The summed E-state index contributed by atoms with van der Waals surface area (Å²) < 4.78 is 24.7. The smallest absolute Gasteiger partial charge is 0.340 e. The molecule has 3 heterocycles. The third-order valence-electron chi connectivity index (χ3n) is 10.7. The number of pyridine rings is 1. The lowest BCUT2D eigenvalue weighted by atomic mass is 9.42. The number of hydrogen-bond acceptors (Lipinski definition) is 9. The number of hydrogen-bond donors (Lipinski definition) is 1. The maximum absolute atomic E-state index is 13.5. The van der Waals surface area contributed by atoms with Crippen LogP contribution in [0.5, 0.6) is 0 Å². The molecule has 1 N–H and O–H groups in total. The predicted molar refractivity (Wildman–Crippen MR) is 150 cm³/mol. The molecule has 1 saturated carbocycles. The number of carbonyl (C=O) groups is 3. The number of cyclic esters (lactones) is 1. The molecule has 1 unspecified atom stereocenters. The van der Waals surface area contributed by atoms with E-state index in [2.05, 4.69) is 11.9 Å². The van der Waals surface area contributed by atoms with Gasteiger partial charge in [0.15, 0.2) is 0 Å². The average molecular weight is 576 g/mol. The highest BCUT2D eigenvalue weighted by molar-refractivity contribution is 5.90. The van der Waals surface area contributed by atoms with Crippen LogP contribution in [-0.2, 0) is 23.7 Å². The minimum atomic E-state index is -1.28. The van der Waals surface area contributed by atoms with Gasteiger partial charge in [-0.3, -0.25) is 9.78 Å². The van der Waals surface area contributed by atoms with Crippen LogP contribution in [0.4, 0.5) is 0 Å². The third-order valence-corrected chi connectivity index (χ3v) is 10.7. The molecule has 1 spiro atoms. The van der Waals surface area contributed by atoms with Crippen molar-refractivity contribution in [1.82, 2.24) is 4.98 Å². The molecule has 2 aliphatic heterocycles. The van der Waals surface area contributed by atoms with E-state index in [9.17, 15) is 19.5 Å². The number of fused-ring (bicyclic) bond motifs is 3. The standard InChI is InChI=1S/C33H37NO8/c1-20-12-13-23(40-28(37)21-9-6-5-7-10-21)25-30(2)14-15-33(17-24(35)39-19-33)42-32(30,4)26(36)27(31(20,25)3)41-29(38)22-11-8-16-34-18-22/h5-12,16,18,23,25-27,36H,13-15,17,19H2,1-4H3/t23-,25?,26+,27+,30-,31+,32+,33-/m1/s1. The molecule has 0 amide bonds. The average Bonchev–Trinajstić information content (AvgIpc) is 3.35. The molecule has 1 aromatic carbocycles. The van der Waals surface area contributed by atoms with E-state index in [-0.39, 0.29) is 24.6 Å². The summed E-state index contributed by atoms with van der Waals surface area (Å²) in [5.74, 6) is -1.82. The van der Waals surface area contributed by atoms with Gasteiger partial charge in [-0.1, -0.05) is 43.7 Å². The molecule has 3 fully saturated rings. The van der Waals surface area contributed by atoms with Gasteiger partial charge in [-0.2, -0.15) is 0 Å². The van der Waals surface area contributed by atoms with Crippen molar-refractivity contribution in [3.8, 4) is 0 Å².